The Morgan fingerprint density at radius 3 is 2.75 bits per heavy atom. The number of carboxylic acid groups (broad SMARTS) is 1. The van der Waals surface area contributed by atoms with Gasteiger partial charge >= 0.3 is 5.97 Å². The molecule has 0 amide bonds. The Balaban J connectivity index is 2.33. The molecule has 1 atom stereocenters. The molecule has 4 heteroatoms. The second kappa shape index (κ2) is 6.09. The van der Waals surface area contributed by atoms with Crippen LogP contribution in [0.25, 0.3) is 10.9 Å². The molecule has 1 aromatic carbocycles. The van der Waals surface area contributed by atoms with Crippen molar-refractivity contribution < 1.29 is 9.90 Å². The molecular weight excluding hydrogens is 252 g/mol. The maximum Gasteiger partial charge on any atom is 0.320 e. The van der Waals surface area contributed by atoms with Crippen LogP contribution >= 0.6 is 0 Å². The molecule has 0 fully saturated rings. The topological polar surface area (TPSA) is 79.1 Å². The van der Waals surface area contributed by atoms with E-state index in [4.69, 9.17) is 10.8 Å². The number of H-pyrrole nitrogens is 1. The van der Waals surface area contributed by atoms with Crippen LogP contribution in [-0.2, 0) is 17.6 Å². The Labute approximate surface area is 119 Å². The molecule has 20 heavy (non-hydrogen) atoms. The number of aliphatic carboxylic acids is 1. The summed E-state index contributed by atoms with van der Waals surface area (Å²) >= 11 is 0. The summed E-state index contributed by atoms with van der Waals surface area (Å²) in [5.74, 6) is -0.312. The predicted octanol–water partition coefficient (Wildman–Crippen LogP) is 2.71. The van der Waals surface area contributed by atoms with E-state index >= 15 is 0 Å². The van der Waals surface area contributed by atoms with E-state index in [0.29, 0.717) is 12.3 Å². The van der Waals surface area contributed by atoms with Gasteiger partial charge in [-0.1, -0.05) is 26.0 Å². The van der Waals surface area contributed by atoms with Gasteiger partial charge in [-0.2, -0.15) is 0 Å². The van der Waals surface area contributed by atoms with E-state index in [2.05, 4.69) is 24.9 Å². The first-order valence-electron chi connectivity index (χ1n) is 7.05. The van der Waals surface area contributed by atoms with E-state index in [1.807, 2.05) is 18.3 Å². The lowest BCUT2D eigenvalue weighted by Crippen LogP contribution is -2.32. The Kier molecular flexibility index (Phi) is 4.45. The number of aromatic amines is 1. The molecule has 0 unspecified atom stereocenters. The molecule has 2 rings (SSSR count). The highest BCUT2D eigenvalue weighted by molar-refractivity contribution is 5.87. The molecule has 0 saturated carbocycles. The van der Waals surface area contributed by atoms with Crippen molar-refractivity contribution in [3.05, 3.63) is 35.5 Å². The third kappa shape index (κ3) is 3.20. The summed E-state index contributed by atoms with van der Waals surface area (Å²) < 4.78 is 0. The van der Waals surface area contributed by atoms with Gasteiger partial charge < -0.3 is 15.8 Å². The molecule has 4 nitrogen and oxygen atoms in total. The first kappa shape index (κ1) is 14.6. The van der Waals surface area contributed by atoms with Gasteiger partial charge in [-0.3, -0.25) is 4.79 Å². The van der Waals surface area contributed by atoms with E-state index in [0.717, 1.165) is 29.3 Å². The van der Waals surface area contributed by atoms with Gasteiger partial charge in [0, 0.05) is 23.5 Å². The SMILES string of the molecule is CC(C)CCc1cccc2[nH]cc(C[C@H](N)C(=O)O)c12. The predicted molar refractivity (Wildman–Crippen MR) is 80.8 cm³/mol. The standard InChI is InChI=1S/C16H22N2O2/c1-10(2)6-7-11-4-3-5-14-15(11)12(9-18-14)8-13(17)16(19)20/h3-5,9-10,13,18H,6-8,17H2,1-2H3,(H,19,20)/t13-/m0/s1. The van der Waals surface area contributed by atoms with E-state index in [1.165, 1.54) is 5.56 Å². The molecule has 1 heterocycles. The maximum absolute atomic E-state index is 10.9. The lowest BCUT2D eigenvalue weighted by Gasteiger charge is -2.10. The van der Waals surface area contributed by atoms with Gasteiger partial charge in [0.15, 0.2) is 0 Å². The number of aromatic nitrogens is 1. The van der Waals surface area contributed by atoms with Crippen molar-refractivity contribution in [2.75, 3.05) is 0 Å². The number of carboxylic acids is 1. The Bertz CT molecular complexity index is 602. The highest BCUT2D eigenvalue weighted by Gasteiger charge is 2.16. The van der Waals surface area contributed by atoms with Crippen LogP contribution in [0.4, 0.5) is 0 Å². The number of hydrogen-bond donors (Lipinski definition) is 3. The molecule has 2 aromatic rings. The Morgan fingerprint density at radius 1 is 1.35 bits per heavy atom. The van der Waals surface area contributed by atoms with Crippen molar-refractivity contribution in [3.8, 4) is 0 Å². The molecule has 0 saturated heterocycles. The molecule has 108 valence electrons. The quantitative estimate of drug-likeness (QED) is 0.757. The van der Waals surface area contributed by atoms with Gasteiger partial charge in [0.1, 0.15) is 6.04 Å². The zero-order valence-corrected chi connectivity index (χ0v) is 12.0. The van der Waals surface area contributed by atoms with Crippen LogP contribution in [0.1, 0.15) is 31.4 Å². The van der Waals surface area contributed by atoms with Crippen LogP contribution in [-0.4, -0.2) is 22.1 Å². The van der Waals surface area contributed by atoms with Crippen LogP contribution in [0.3, 0.4) is 0 Å². The van der Waals surface area contributed by atoms with Gasteiger partial charge in [0.2, 0.25) is 0 Å². The fourth-order valence-corrected chi connectivity index (χ4v) is 2.47. The number of nitrogens with two attached hydrogens (primary N) is 1. The van der Waals surface area contributed by atoms with Crippen LogP contribution in [0, 0.1) is 5.92 Å². The third-order valence-electron chi connectivity index (χ3n) is 3.62. The first-order valence-corrected chi connectivity index (χ1v) is 7.05. The monoisotopic (exact) mass is 274 g/mol. The number of hydrogen-bond acceptors (Lipinski definition) is 2. The van der Waals surface area contributed by atoms with E-state index in [1.54, 1.807) is 0 Å². The van der Waals surface area contributed by atoms with E-state index in [-0.39, 0.29) is 0 Å². The number of carbonyl (C=O) groups is 1. The number of rotatable bonds is 6. The molecule has 0 aliphatic heterocycles. The maximum atomic E-state index is 10.9. The van der Waals surface area contributed by atoms with E-state index in [9.17, 15) is 4.79 Å². The summed E-state index contributed by atoms with van der Waals surface area (Å²) in [5.41, 5.74) is 8.98. The van der Waals surface area contributed by atoms with Crippen molar-refractivity contribution in [1.82, 2.24) is 4.98 Å². The van der Waals surface area contributed by atoms with Crippen LogP contribution in [0.5, 0.6) is 0 Å². The van der Waals surface area contributed by atoms with E-state index < -0.39 is 12.0 Å². The summed E-state index contributed by atoms with van der Waals surface area (Å²) in [4.78, 5) is 14.1. The Morgan fingerprint density at radius 2 is 2.10 bits per heavy atom. The summed E-state index contributed by atoms with van der Waals surface area (Å²) in [7, 11) is 0. The number of fused-ring (bicyclic) bond motifs is 1. The molecule has 0 radical (unpaired) electrons. The molecule has 1 aromatic heterocycles. The fourth-order valence-electron chi connectivity index (χ4n) is 2.47. The highest BCUT2D eigenvalue weighted by atomic mass is 16.4. The van der Waals surface area contributed by atoms with Crippen molar-refractivity contribution >= 4 is 16.9 Å². The van der Waals surface area contributed by atoms with Gasteiger partial charge in [0.25, 0.3) is 0 Å². The number of benzene rings is 1. The summed E-state index contributed by atoms with van der Waals surface area (Å²) in [6, 6.07) is 5.32. The van der Waals surface area contributed by atoms with Crippen molar-refractivity contribution in [2.45, 2.75) is 39.2 Å². The third-order valence-corrected chi connectivity index (χ3v) is 3.62. The van der Waals surface area contributed by atoms with Gasteiger partial charge in [-0.05, 0) is 36.0 Å². The van der Waals surface area contributed by atoms with Gasteiger partial charge in [-0.15, -0.1) is 0 Å². The highest BCUT2D eigenvalue weighted by Crippen LogP contribution is 2.25. The normalized spacial score (nSPS) is 13.0. The van der Waals surface area contributed by atoms with Crippen LogP contribution in [0.15, 0.2) is 24.4 Å². The fraction of sp³-hybridized carbons (Fsp3) is 0.438. The summed E-state index contributed by atoms with van der Waals surface area (Å²) in [6.45, 7) is 4.41. The minimum Gasteiger partial charge on any atom is -0.480 e. The van der Waals surface area contributed by atoms with Crippen LogP contribution in [0.2, 0.25) is 0 Å². The van der Waals surface area contributed by atoms with Crippen molar-refractivity contribution in [2.24, 2.45) is 11.7 Å². The molecule has 0 aliphatic rings. The zero-order chi connectivity index (χ0) is 14.7. The summed E-state index contributed by atoms with van der Waals surface area (Å²) in [5, 5.41) is 10.1. The average Bonchev–Trinajstić information content (AvgIpc) is 2.80. The Hall–Kier alpha value is -1.81. The second-order valence-corrected chi connectivity index (χ2v) is 5.73. The molecule has 0 bridgehead atoms. The van der Waals surface area contributed by atoms with Crippen molar-refractivity contribution in [3.63, 3.8) is 0 Å². The minimum atomic E-state index is -0.959. The summed E-state index contributed by atoms with van der Waals surface area (Å²) in [6.07, 6.45) is 4.36. The van der Waals surface area contributed by atoms with Crippen LogP contribution < -0.4 is 5.73 Å². The molecule has 4 N–H and O–H groups in total. The number of aryl methyl sites for hydroxylation is 1. The smallest absolute Gasteiger partial charge is 0.320 e. The largest absolute Gasteiger partial charge is 0.480 e. The minimum absolute atomic E-state index is 0.355. The number of nitrogens with one attached hydrogen (secondary N) is 1. The molecule has 0 spiro atoms. The zero-order valence-electron chi connectivity index (χ0n) is 12.0. The van der Waals surface area contributed by atoms with Crippen molar-refractivity contribution in [1.29, 1.82) is 0 Å². The lowest BCUT2D eigenvalue weighted by atomic mass is 9.96. The molecular formula is C16H22N2O2. The lowest BCUT2D eigenvalue weighted by molar-refractivity contribution is -0.138. The molecule has 0 aliphatic carbocycles. The average molecular weight is 274 g/mol. The van der Waals surface area contributed by atoms with Gasteiger partial charge in [0.05, 0.1) is 0 Å². The first-order chi connectivity index (χ1) is 9.49. The second-order valence-electron chi connectivity index (χ2n) is 5.73. The van der Waals surface area contributed by atoms with Gasteiger partial charge in [-0.25, -0.2) is 0 Å².